The van der Waals surface area contributed by atoms with Crippen molar-refractivity contribution in [3.63, 3.8) is 0 Å². The molecule has 3 atom stereocenters. The molecular weight excluding hydrogens is 314 g/mol. The first-order valence-electron chi connectivity index (χ1n) is 8.52. The zero-order valence-corrected chi connectivity index (χ0v) is 14.9. The van der Waals surface area contributed by atoms with Crippen molar-refractivity contribution in [2.75, 3.05) is 0 Å². The average molecular weight is 339 g/mol. The minimum atomic E-state index is -0.930. The first-order valence-corrected chi connectivity index (χ1v) is 8.52. The second-order valence-electron chi connectivity index (χ2n) is 6.54. The molecule has 2 N–H and O–H groups in total. The molecule has 0 fully saturated rings. The molecular formula is C21H25NO3. The van der Waals surface area contributed by atoms with Crippen LogP contribution in [0, 0.1) is 12.8 Å². The van der Waals surface area contributed by atoms with Crippen molar-refractivity contribution in [1.29, 1.82) is 0 Å². The first-order chi connectivity index (χ1) is 11.9. The topological polar surface area (TPSA) is 66.4 Å². The Morgan fingerprint density at radius 1 is 1.00 bits per heavy atom. The van der Waals surface area contributed by atoms with E-state index in [0.717, 1.165) is 16.7 Å². The van der Waals surface area contributed by atoms with E-state index in [1.165, 1.54) is 0 Å². The summed E-state index contributed by atoms with van der Waals surface area (Å²) in [5, 5.41) is 12.3. The lowest BCUT2D eigenvalue weighted by molar-refractivity contribution is -0.142. The molecule has 132 valence electrons. The first kappa shape index (κ1) is 18.7. The Morgan fingerprint density at radius 2 is 1.60 bits per heavy atom. The van der Waals surface area contributed by atoms with Crippen LogP contribution in [0.4, 0.5) is 0 Å². The number of nitrogens with one attached hydrogen (secondary N) is 1. The molecule has 0 aliphatic rings. The van der Waals surface area contributed by atoms with Gasteiger partial charge < -0.3 is 10.4 Å². The molecule has 0 radical (unpaired) electrons. The highest BCUT2D eigenvalue weighted by Gasteiger charge is 2.27. The number of rotatable bonds is 7. The number of carbonyl (C=O) groups excluding carboxylic acids is 1. The predicted octanol–water partition coefficient (Wildman–Crippen LogP) is 4.07. The van der Waals surface area contributed by atoms with E-state index < -0.39 is 17.9 Å². The van der Waals surface area contributed by atoms with Crippen LogP contribution in [0.5, 0.6) is 0 Å². The summed E-state index contributed by atoms with van der Waals surface area (Å²) >= 11 is 0. The fourth-order valence-electron chi connectivity index (χ4n) is 3.06. The van der Waals surface area contributed by atoms with Crippen molar-refractivity contribution in [3.05, 3.63) is 71.3 Å². The van der Waals surface area contributed by atoms with E-state index in [0.29, 0.717) is 6.42 Å². The molecule has 0 aliphatic heterocycles. The molecule has 0 heterocycles. The summed E-state index contributed by atoms with van der Waals surface area (Å²) in [7, 11) is 0. The Bertz CT molecular complexity index is 727. The smallest absolute Gasteiger partial charge is 0.308 e. The number of carboxylic acid groups (broad SMARTS) is 1. The number of hydrogen-bond donors (Lipinski definition) is 2. The Labute approximate surface area is 148 Å². The fraction of sp³-hybridized carbons (Fsp3) is 0.333. The number of benzene rings is 2. The van der Waals surface area contributed by atoms with Crippen LogP contribution in [0.3, 0.4) is 0 Å². The van der Waals surface area contributed by atoms with Crippen LogP contribution in [-0.4, -0.2) is 17.0 Å². The van der Waals surface area contributed by atoms with E-state index in [9.17, 15) is 14.7 Å². The number of carboxylic acids is 1. The van der Waals surface area contributed by atoms with Crippen LogP contribution in [0.1, 0.15) is 48.9 Å². The van der Waals surface area contributed by atoms with Crippen LogP contribution >= 0.6 is 0 Å². The molecule has 2 aromatic carbocycles. The Hall–Kier alpha value is -2.62. The van der Waals surface area contributed by atoms with E-state index >= 15 is 0 Å². The number of amides is 1. The van der Waals surface area contributed by atoms with Crippen LogP contribution in [-0.2, 0) is 9.59 Å². The predicted molar refractivity (Wildman–Crippen MR) is 98.3 cm³/mol. The molecule has 0 spiro atoms. The van der Waals surface area contributed by atoms with Crippen molar-refractivity contribution in [2.45, 2.75) is 39.2 Å². The summed E-state index contributed by atoms with van der Waals surface area (Å²) in [5.74, 6) is -1.71. The third-order valence-corrected chi connectivity index (χ3v) is 4.58. The molecule has 2 aromatic rings. The van der Waals surface area contributed by atoms with Gasteiger partial charge in [-0.3, -0.25) is 9.59 Å². The Kier molecular flexibility index (Phi) is 6.34. The lowest BCUT2D eigenvalue weighted by Crippen LogP contribution is -2.36. The molecule has 4 nitrogen and oxygen atoms in total. The molecule has 3 unspecified atom stereocenters. The molecule has 0 aliphatic carbocycles. The van der Waals surface area contributed by atoms with Crippen LogP contribution in [0.2, 0.25) is 0 Å². The van der Waals surface area contributed by atoms with E-state index in [4.69, 9.17) is 0 Å². The fourth-order valence-corrected chi connectivity index (χ4v) is 3.06. The van der Waals surface area contributed by atoms with Gasteiger partial charge in [0, 0.05) is 6.42 Å². The Balaban J connectivity index is 2.12. The van der Waals surface area contributed by atoms with Gasteiger partial charge in [0.1, 0.15) is 0 Å². The average Bonchev–Trinajstić information content (AvgIpc) is 2.60. The van der Waals surface area contributed by atoms with Crippen molar-refractivity contribution in [3.8, 4) is 0 Å². The minimum Gasteiger partial charge on any atom is -0.481 e. The monoisotopic (exact) mass is 339 g/mol. The summed E-state index contributed by atoms with van der Waals surface area (Å²) in [6.07, 6.45) is 0.320. The zero-order chi connectivity index (χ0) is 18.4. The van der Waals surface area contributed by atoms with Crippen molar-refractivity contribution < 1.29 is 14.7 Å². The highest BCUT2D eigenvalue weighted by atomic mass is 16.4. The molecule has 0 aromatic heterocycles. The molecule has 0 saturated carbocycles. The van der Waals surface area contributed by atoms with Crippen LogP contribution in [0.25, 0.3) is 0 Å². The quantitative estimate of drug-likeness (QED) is 0.799. The summed E-state index contributed by atoms with van der Waals surface area (Å²) in [4.78, 5) is 24.0. The molecule has 25 heavy (non-hydrogen) atoms. The van der Waals surface area contributed by atoms with E-state index in [-0.39, 0.29) is 11.8 Å². The minimum absolute atomic E-state index is 0.0674. The number of hydrogen-bond acceptors (Lipinski definition) is 2. The standard InChI is InChI=1S/C21H25NO3/c1-14-9-7-8-12-18(14)15(2)13-19(23)22-20(16(3)21(24)25)17-10-5-4-6-11-17/h4-12,15-16,20H,13H2,1-3H3,(H,22,23)(H,24,25). The normalized spacial score (nSPS) is 14.4. The lowest BCUT2D eigenvalue weighted by atomic mass is 9.91. The maximum absolute atomic E-state index is 12.5. The molecule has 0 bridgehead atoms. The van der Waals surface area contributed by atoms with Gasteiger partial charge in [0.15, 0.2) is 0 Å². The van der Waals surface area contributed by atoms with Gasteiger partial charge >= 0.3 is 5.97 Å². The van der Waals surface area contributed by atoms with Gasteiger partial charge in [-0.2, -0.15) is 0 Å². The maximum Gasteiger partial charge on any atom is 0.308 e. The van der Waals surface area contributed by atoms with Gasteiger partial charge in [-0.1, -0.05) is 61.5 Å². The summed E-state index contributed by atoms with van der Waals surface area (Å²) in [6.45, 7) is 5.66. The highest BCUT2D eigenvalue weighted by molar-refractivity contribution is 5.79. The van der Waals surface area contributed by atoms with Gasteiger partial charge in [-0.05, 0) is 36.5 Å². The summed E-state index contributed by atoms with van der Waals surface area (Å²) in [6, 6.07) is 16.7. The number of carbonyl (C=O) groups is 2. The molecule has 0 saturated heterocycles. The second-order valence-corrected chi connectivity index (χ2v) is 6.54. The van der Waals surface area contributed by atoms with Crippen LogP contribution < -0.4 is 5.32 Å². The highest BCUT2D eigenvalue weighted by Crippen LogP contribution is 2.25. The number of aliphatic carboxylic acids is 1. The SMILES string of the molecule is Cc1ccccc1C(C)CC(=O)NC(c1ccccc1)C(C)C(=O)O. The summed E-state index contributed by atoms with van der Waals surface area (Å²) < 4.78 is 0. The molecule has 4 heteroatoms. The largest absolute Gasteiger partial charge is 0.481 e. The van der Waals surface area contributed by atoms with Gasteiger partial charge in [0.05, 0.1) is 12.0 Å². The van der Waals surface area contributed by atoms with Gasteiger partial charge in [-0.25, -0.2) is 0 Å². The third kappa shape index (κ3) is 4.92. The van der Waals surface area contributed by atoms with Crippen molar-refractivity contribution in [2.24, 2.45) is 5.92 Å². The Morgan fingerprint density at radius 3 is 2.20 bits per heavy atom. The molecule has 2 rings (SSSR count). The number of aryl methyl sites for hydroxylation is 1. The second kappa shape index (κ2) is 8.47. The van der Waals surface area contributed by atoms with Crippen molar-refractivity contribution >= 4 is 11.9 Å². The zero-order valence-electron chi connectivity index (χ0n) is 14.9. The summed E-state index contributed by atoms with van der Waals surface area (Å²) in [5.41, 5.74) is 3.09. The maximum atomic E-state index is 12.5. The molecule has 1 amide bonds. The van der Waals surface area contributed by atoms with E-state index in [1.54, 1.807) is 6.92 Å². The van der Waals surface area contributed by atoms with E-state index in [1.807, 2.05) is 68.4 Å². The van der Waals surface area contributed by atoms with E-state index in [2.05, 4.69) is 5.32 Å². The van der Waals surface area contributed by atoms with Gasteiger partial charge in [0.2, 0.25) is 5.91 Å². The third-order valence-electron chi connectivity index (χ3n) is 4.58. The van der Waals surface area contributed by atoms with Gasteiger partial charge in [-0.15, -0.1) is 0 Å². The van der Waals surface area contributed by atoms with Crippen molar-refractivity contribution in [1.82, 2.24) is 5.32 Å². The lowest BCUT2D eigenvalue weighted by Gasteiger charge is -2.24. The van der Waals surface area contributed by atoms with Gasteiger partial charge in [0.25, 0.3) is 0 Å². The van der Waals surface area contributed by atoms with Crippen LogP contribution in [0.15, 0.2) is 54.6 Å².